The molecule has 9 fully saturated rings. The molecule has 5 aliphatic heterocycles. The van der Waals surface area contributed by atoms with Gasteiger partial charge in [0.15, 0.2) is 0 Å². The van der Waals surface area contributed by atoms with Gasteiger partial charge in [-0.3, -0.25) is 42.5 Å². The van der Waals surface area contributed by atoms with Gasteiger partial charge in [0.05, 0.1) is 49.3 Å². The fourth-order valence-corrected chi connectivity index (χ4v) is 12.0. The van der Waals surface area contributed by atoms with Gasteiger partial charge in [-0.25, -0.2) is 0 Å². The molecular weight excluding hydrogens is 631 g/mol. The molecule has 11 heteroatoms. The molecule has 0 aromatic rings. The summed E-state index contributed by atoms with van der Waals surface area (Å²) in [4.78, 5) is 0. The van der Waals surface area contributed by atoms with Gasteiger partial charge in [0.1, 0.15) is 0 Å². The summed E-state index contributed by atoms with van der Waals surface area (Å²) in [5.41, 5.74) is 0. The zero-order valence-corrected chi connectivity index (χ0v) is 28.1. The summed E-state index contributed by atoms with van der Waals surface area (Å²) in [6, 6.07) is 0. The van der Waals surface area contributed by atoms with E-state index in [0.29, 0.717) is 49.3 Å². The van der Waals surface area contributed by atoms with Crippen molar-refractivity contribution in [2.45, 2.75) is 152 Å². The minimum absolute atomic E-state index is 0.420. The fraction of sp³-hybridized carbons (Fsp3) is 1.00. The Balaban J connectivity index is 0.000000892. The molecule has 4 saturated carbocycles. The molecule has 249 valence electrons. The van der Waals surface area contributed by atoms with Crippen LogP contribution < -0.4 is 42.5 Å². The van der Waals surface area contributed by atoms with Crippen molar-refractivity contribution in [1.82, 2.24) is 42.5 Å². The molecule has 8 bridgehead atoms. The van der Waals surface area contributed by atoms with Crippen molar-refractivity contribution in [1.29, 1.82) is 0 Å². The molecule has 8 atom stereocenters. The van der Waals surface area contributed by atoms with Gasteiger partial charge in [-0.2, -0.15) is 0 Å². The van der Waals surface area contributed by atoms with Crippen LogP contribution in [0.15, 0.2) is 0 Å². The van der Waals surface area contributed by atoms with Crippen LogP contribution in [0.1, 0.15) is 103 Å². The monoisotopic (exact) mass is 685 g/mol. The number of halogens is 2. The number of hydrogen-bond donors (Lipinski definition) is 8. The summed E-state index contributed by atoms with van der Waals surface area (Å²) in [5.74, 6) is 5.97. The standard InChI is InChI=1S/C32H56N8.2ClH.Cu/c1-2-10-18-17(9-1)25-33-26(18)38-28-21-13-5-6-14-22(21)30(35-28)40-32-24-16-8-7-15-23(24)31(36-32)39-29-20-12-4-3-11-19(20)27(34-29)37-25;;;/h17-40H,1-16H2;2*1H;/q;;;+2/p-2. The predicted octanol–water partition coefficient (Wildman–Crippen LogP) is 3.98. The van der Waals surface area contributed by atoms with Gasteiger partial charge in [0, 0.05) is 0 Å². The van der Waals surface area contributed by atoms with Crippen molar-refractivity contribution < 1.29 is 13.1 Å². The topological polar surface area (TPSA) is 96.2 Å². The molecule has 0 spiro atoms. The first-order valence-corrected chi connectivity index (χ1v) is 20.7. The molecular formula is C32H56Cl2CuN8. The van der Waals surface area contributed by atoms with E-state index >= 15 is 0 Å². The third-order valence-corrected chi connectivity index (χ3v) is 13.8. The summed E-state index contributed by atoms with van der Waals surface area (Å²) >= 11 is 0.757. The second kappa shape index (κ2) is 13.7. The molecule has 9 rings (SSSR count). The summed E-state index contributed by atoms with van der Waals surface area (Å²) < 4.78 is 0. The van der Waals surface area contributed by atoms with E-state index in [1.54, 1.807) is 0 Å². The van der Waals surface area contributed by atoms with Crippen molar-refractivity contribution in [3.05, 3.63) is 0 Å². The maximum absolute atomic E-state index is 4.67. The van der Waals surface area contributed by atoms with Gasteiger partial charge in [0.25, 0.3) is 0 Å². The second-order valence-corrected chi connectivity index (χ2v) is 17.2. The number of fused-ring (bicyclic) bond motifs is 20. The van der Waals surface area contributed by atoms with Crippen molar-refractivity contribution >= 4 is 20.2 Å². The summed E-state index contributed by atoms with van der Waals surface area (Å²) in [5, 5.41) is 33.8. The third-order valence-electron chi connectivity index (χ3n) is 13.8. The van der Waals surface area contributed by atoms with E-state index in [2.05, 4.69) is 62.7 Å². The van der Waals surface area contributed by atoms with Gasteiger partial charge in [0.2, 0.25) is 0 Å². The van der Waals surface area contributed by atoms with Crippen LogP contribution in [0.4, 0.5) is 0 Å². The van der Waals surface area contributed by atoms with Crippen molar-refractivity contribution in [3.8, 4) is 0 Å². The van der Waals surface area contributed by atoms with E-state index in [0.717, 1.165) is 60.5 Å². The van der Waals surface area contributed by atoms with Gasteiger partial charge in [-0.15, -0.1) is 0 Å². The molecule has 8 nitrogen and oxygen atoms in total. The Bertz CT molecular complexity index is 743. The fourth-order valence-electron chi connectivity index (χ4n) is 12.0. The Morgan fingerprint density at radius 3 is 0.512 bits per heavy atom. The average Bonchev–Trinajstić information content (AvgIpc) is 3.77. The Labute approximate surface area is 274 Å². The molecule has 0 aromatic heterocycles. The first-order valence-electron chi connectivity index (χ1n) is 18.1. The van der Waals surface area contributed by atoms with E-state index in [-0.39, 0.29) is 0 Å². The van der Waals surface area contributed by atoms with Crippen LogP contribution in [0.5, 0.6) is 0 Å². The molecule has 5 heterocycles. The molecule has 8 N–H and O–H groups in total. The molecule has 8 unspecified atom stereocenters. The van der Waals surface area contributed by atoms with E-state index in [4.69, 9.17) is 0 Å². The first kappa shape index (κ1) is 31.1. The quantitative estimate of drug-likeness (QED) is 0.182. The SMILES string of the molecule is C1CCC2C3NC(NC4NC(NC5NC(NC6NC(N3)C3CCCCC63)C3CCCCC53)C3CCCCC43)C2C1.[Cl][Cu][Cl]. The van der Waals surface area contributed by atoms with Crippen molar-refractivity contribution in [2.24, 2.45) is 47.3 Å². The van der Waals surface area contributed by atoms with Crippen molar-refractivity contribution in [2.75, 3.05) is 0 Å². The normalized spacial score (nSPS) is 54.1. The number of rotatable bonds is 0. The van der Waals surface area contributed by atoms with Crippen LogP contribution in [-0.2, 0) is 13.1 Å². The Morgan fingerprint density at radius 2 is 0.395 bits per heavy atom. The zero-order valence-electron chi connectivity index (χ0n) is 25.6. The molecule has 0 aromatic carbocycles. The number of hydrogen-bond acceptors (Lipinski definition) is 8. The van der Waals surface area contributed by atoms with E-state index in [9.17, 15) is 0 Å². The molecule has 0 amide bonds. The van der Waals surface area contributed by atoms with Gasteiger partial charge < -0.3 is 0 Å². The van der Waals surface area contributed by atoms with Crippen LogP contribution in [0.25, 0.3) is 0 Å². The Kier molecular flexibility index (Phi) is 9.91. The average molecular weight is 687 g/mol. The predicted molar refractivity (Wildman–Crippen MR) is 169 cm³/mol. The van der Waals surface area contributed by atoms with Crippen LogP contribution >= 0.6 is 20.2 Å². The summed E-state index contributed by atoms with van der Waals surface area (Å²) in [6.45, 7) is 0. The van der Waals surface area contributed by atoms with Crippen LogP contribution in [0, 0.1) is 47.3 Å². The summed E-state index contributed by atoms with van der Waals surface area (Å²) in [7, 11) is 9.34. The Hall–Kier alpha value is 0.779. The molecule has 4 aliphatic carbocycles. The van der Waals surface area contributed by atoms with Gasteiger partial charge >= 0.3 is 33.3 Å². The summed E-state index contributed by atoms with van der Waals surface area (Å²) in [6.07, 6.45) is 25.6. The van der Waals surface area contributed by atoms with Crippen LogP contribution in [0.3, 0.4) is 0 Å². The minimum atomic E-state index is 0.420. The second-order valence-electron chi connectivity index (χ2n) is 15.6. The van der Waals surface area contributed by atoms with Crippen molar-refractivity contribution in [3.63, 3.8) is 0 Å². The van der Waals surface area contributed by atoms with Crippen LogP contribution in [0.2, 0.25) is 0 Å². The third kappa shape index (κ3) is 6.01. The molecule has 43 heavy (non-hydrogen) atoms. The van der Waals surface area contributed by atoms with E-state index in [1.807, 2.05) is 0 Å². The number of nitrogens with one attached hydrogen (secondary N) is 8. The Morgan fingerprint density at radius 1 is 0.279 bits per heavy atom. The molecule has 9 aliphatic rings. The maximum atomic E-state index is 4.67. The van der Waals surface area contributed by atoms with Gasteiger partial charge in [-0.1, -0.05) is 51.4 Å². The van der Waals surface area contributed by atoms with E-state index in [1.165, 1.54) is 103 Å². The van der Waals surface area contributed by atoms with E-state index < -0.39 is 0 Å². The zero-order chi connectivity index (χ0) is 28.9. The molecule has 0 radical (unpaired) electrons. The first-order chi connectivity index (χ1) is 21.2. The van der Waals surface area contributed by atoms with Crippen LogP contribution in [-0.4, -0.2) is 49.3 Å². The van der Waals surface area contributed by atoms with Gasteiger partial charge in [-0.05, 0) is 98.7 Å². The molecule has 5 saturated heterocycles.